The van der Waals surface area contributed by atoms with Crippen LogP contribution in [0.3, 0.4) is 0 Å². The van der Waals surface area contributed by atoms with E-state index in [0.29, 0.717) is 0 Å². The van der Waals surface area contributed by atoms with Crippen LogP contribution in [0, 0.1) is 0 Å². The summed E-state index contributed by atoms with van der Waals surface area (Å²) in [6, 6.07) is 103. The van der Waals surface area contributed by atoms with Crippen molar-refractivity contribution in [3.05, 3.63) is 291 Å². The molecule has 0 amide bonds. The number of anilines is 6. The summed E-state index contributed by atoms with van der Waals surface area (Å²) in [5.41, 5.74) is 20.5. The molecule has 1 aliphatic rings. The molecule has 380 valence electrons. The second-order valence-electron chi connectivity index (χ2n) is 20.8. The fourth-order valence-corrected chi connectivity index (χ4v) is 12.2. The Bertz CT molecular complexity index is 4870. The molecule has 0 N–H and O–H groups in total. The van der Waals surface area contributed by atoms with Gasteiger partial charge in [-0.15, -0.1) is 0 Å². The Morgan fingerprint density at radius 1 is 0.259 bits per heavy atom. The zero-order chi connectivity index (χ0) is 53.4. The van der Waals surface area contributed by atoms with Gasteiger partial charge in [0.25, 0.3) is 0 Å². The Balaban J connectivity index is 0.820. The predicted molar refractivity (Wildman–Crippen MR) is 335 cm³/mol. The van der Waals surface area contributed by atoms with Gasteiger partial charge in [0.1, 0.15) is 28.1 Å². The van der Waals surface area contributed by atoms with Crippen LogP contribution in [-0.2, 0) is 0 Å². The van der Waals surface area contributed by atoms with Crippen LogP contribution in [0.4, 0.5) is 34.1 Å². The molecule has 81 heavy (non-hydrogen) atoms. The van der Waals surface area contributed by atoms with E-state index in [0.717, 1.165) is 145 Å². The van der Waals surface area contributed by atoms with Gasteiger partial charge in [-0.1, -0.05) is 206 Å². The Morgan fingerprint density at radius 3 is 1.21 bits per heavy atom. The van der Waals surface area contributed by atoms with Gasteiger partial charge in [-0.25, -0.2) is 0 Å². The van der Waals surface area contributed by atoms with Gasteiger partial charge in [0.15, 0.2) is 5.75 Å². The van der Waals surface area contributed by atoms with E-state index in [1.165, 1.54) is 11.1 Å². The third-order valence-corrected chi connectivity index (χ3v) is 16.1. The molecule has 1 aliphatic heterocycles. The lowest BCUT2D eigenvalue weighted by atomic mass is 9.93. The molecule has 0 radical (unpaired) electrons. The van der Waals surface area contributed by atoms with Gasteiger partial charge < -0.3 is 23.4 Å². The summed E-state index contributed by atoms with van der Waals surface area (Å²) in [4.78, 5) is 4.65. The van der Waals surface area contributed by atoms with Gasteiger partial charge in [0.05, 0.1) is 5.69 Å². The second kappa shape index (κ2) is 18.9. The highest BCUT2D eigenvalue weighted by atomic mass is 16.5. The molecule has 0 atom stereocenters. The Morgan fingerprint density at radius 2 is 0.679 bits per heavy atom. The number of hydrogen-bond acceptors (Lipinski definition) is 5. The average molecular weight is 1040 g/mol. The van der Waals surface area contributed by atoms with Crippen LogP contribution in [0.2, 0.25) is 0 Å². The molecule has 15 aromatic rings. The molecular weight excluding hydrogens is 989 g/mol. The highest BCUT2D eigenvalue weighted by molar-refractivity contribution is 6.12. The van der Waals surface area contributed by atoms with Gasteiger partial charge >= 0.3 is 0 Å². The van der Waals surface area contributed by atoms with Crippen molar-refractivity contribution >= 4 is 88.8 Å². The van der Waals surface area contributed by atoms with Crippen LogP contribution in [0.5, 0.6) is 11.5 Å². The van der Waals surface area contributed by atoms with Gasteiger partial charge in [0.2, 0.25) is 0 Å². The first kappa shape index (κ1) is 46.2. The Kier molecular flexibility index (Phi) is 10.8. The zero-order valence-corrected chi connectivity index (χ0v) is 43.8. The highest BCUT2D eigenvalue weighted by Gasteiger charge is 2.28. The molecule has 0 bridgehead atoms. The average Bonchev–Trinajstić information content (AvgIpc) is 4.18. The molecule has 0 fully saturated rings. The summed E-state index contributed by atoms with van der Waals surface area (Å²) in [7, 11) is 0. The minimum absolute atomic E-state index is 0.771. The lowest BCUT2D eigenvalue weighted by molar-refractivity contribution is 0.488. The largest absolute Gasteiger partial charge is 0.455 e. The number of furan rings is 2. The first-order valence-electron chi connectivity index (χ1n) is 27.5. The van der Waals surface area contributed by atoms with Crippen molar-refractivity contribution in [2.45, 2.75) is 0 Å². The minimum Gasteiger partial charge on any atom is -0.455 e. The van der Waals surface area contributed by atoms with E-state index in [-0.39, 0.29) is 0 Å². The quantitative estimate of drug-likeness (QED) is 0.137. The fraction of sp³-hybridized carbons (Fsp3) is 0. The maximum atomic E-state index is 7.46. The number of hydrogen-bond donors (Lipinski definition) is 0. The monoisotopic (exact) mass is 1040 g/mol. The number of benzene rings is 13. The zero-order valence-electron chi connectivity index (χ0n) is 43.8. The third-order valence-electron chi connectivity index (χ3n) is 16.1. The molecule has 0 saturated heterocycles. The van der Waals surface area contributed by atoms with Crippen molar-refractivity contribution < 1.29 is 13.6 Å². The Labute approximate surface area is 468 Å². The summed E-state index contributed by atoms with van der Waals surface area (Å²) < 4.78 is 20.5. The molecule has 5 heteroatoms. The molecule has 16 rings (SSSR count). The lowest BCUT2D eigenvalue weighted by Gasteiger charge is -2.32. The van der Waals surface area contributed by atoms with Gasteiger partial charge in [-0.3, -0.25) is 0 Å². The van der Waals surface area contributed by atoms with E-state index >= 15 is 0 Å². The Hall–Kier alpha value is -10.9. The van der Waals surface area contributed by atoms with E-state index in [1.54, 1.807) is 0 Å². The van der Waals surface area contributed by atoms with Crippen molar-refractivity contribution in [2.24, 2.45) is 0 Å². The fourth-order valence-electron chi connectivity index (χ4n) is 12.2. The summed E-state index contributed by atoms with van der Waals surface area (Å²) in [5, 5.41) is 6.62. The molecule has 0 saturated carbocycles. The van der Waals surface area contributed by atoms with Crippen LogP contribution in [-0.4, -0.2) is 0 Å². The highest BCUT2D eigenvalue weighted by Crippen LogP contribution is 2.55. The standard InChI is InChI=1S/C76H48N2O3/c1-3-14-49(15-4-1)51-28-37-56(38-29-51)77(57-41-32-53(33-42-57)61-21-12-24-67-63-19-7-9-26-70(63)79-74(61)67)60-45-46-65-66-23-11-18-55-36-47-69(76(73(55)66)81-72(65)48-60)78(58-39-30-52(31-40-58)50-16-5-2-6-17-50)59-43-34-54(35-44-59)62-22-13-25-68-64-20-8-10-27-71(64)80-75(62)68/h1-48H. The van der Waals surface area contributed by atoms with E-state index < -0.39 is 0 Å². The summed E-state index contributed by atoms with van der Waals surface area (Å²) in [5.74, 6) is 1.56. The summed E-state index contributed by atoms with van der Waals surface area (Å²) in [6.45, 7) is 0. The maximum absolute atomic E-state index is 7.46. The first-order chi connectivity index (χ1) is 40.1. The van der Waals surface area contributed by atoms with Crippen LogP contribution in [0.1, 0.15) is 0 Å². The van der Waals surface area contributed by atoms with Crippen molar-refractivity contribution in [1.82, 2.24) is 0 Å². The number of ether oxygens (including phenoxy) is 1. The topological polar surface area (TPSA) is 42.0 Å². The van der Waals surface area contributed by atoms with E-state index in [4.69, 9.17) is 13.6 Å². The van der Waals surface area contributed by atoms with Gasteiger partial charge in [0, 0.05) is 78.1 Å². The molecule has 0 spiro atoms. The third kappa shape index (κ3) is 7.85. The molecule has 13 aromatic carbocycles. The predicted octanol–water partition coefficient (Wildman–Crippen LogP) is 22.0. The van der Waals surface area contributed by atoms with E-state index in [9.17, 15) is 0 Å². The molecule has 5 nitrogen and oxygen atoms in total. The normalized spacial score (nSPS) is 11.8. The van der Waals surface area contributed by atoms with Crippen molar-refractivity contribution in [2.75, 3.05) is 9.80 Å². The molecule has 0 aliphatic carbocycles. The van der Waals surface area contributed by atoms with Crippen molar-refractivity contribution in [1.29, 1.82) is 0 Å². The number of fused-ring (bicyclic) bond motifs is 8. The lowest BCUT2D eigenvalue weighted by Crippen LogP contribution is -2.13. The second-order valence-corrected chi connectivity index (χ2v) is 20.8. The minimum atomic E-state index is 0.771. The van der Waals surface area contributed by atoms with Crippen molar-refractivity contribution in [3.8, 4) is 67.1 Å². The van der Waals surface area contributed by atoms with E-state index in [2.05, 4.69) is 277 Å². The molecular formula is C76H48N2O3. The van der Waals surface area contributed by atoms with Crippen LogP contribution in [0.25, 0.3) is 110 Å². The van der Waals surface area contributed by atoms with Gasteiger partial charge in [-0.2, -0.15) is 0 Å². The van der Waals surface area contributed by atoms with Crippen molar-refractivity contribution in [3.63, 3.8) is 0 Å². The smallest absolute Gasteiger partial charge is 0.159 e. The van der Waals surface area contributed by atoms with Gasteiger partial charge in [-0.05, 0) is 123 Å². The molecule has 2 aromatic heterocycles. The summed E-state index contributed by atoms with van der Waals surface area (Å²) >= 11 is 0. The molecule has 3 heterocycles. The molecule has 0 unspecified atom stereocenters. The van der Waals surface area contributed by atoms with Crippen LogP contribution in [0.15, 0.2) is 300 Å². The van der Waals surface area contributed by atoms with Crippen LogP contribution < -0.4 is 14.5 Å². The van der Waals surface area contributed by atoms with E-state index in [1.807, 2.05) is 24.3 Å². The van der Waals surface area contributed by atoms with Crippen LogP contribution >= 0.6 is 0 Å². The first-order valence-corrected chi connectivity index (χ1v) is 27.5. The maximum Gasteiger partial charge on any atom is 0.159 e. The number of nitrogens with zero attached hydrogens (tertiary/aromatic N) is 2. The summed E-state index contributed by atoms with van der Waals surface area (Å²) in [6.07, 6.45) is 0. The number of rotatable bonds is 10. The SMILES string of the molecule is c1ccc(-c2ccc(N(c3ccc(-c4cccc5c4oc4ccccc45)cc3)c3ccc4c(c3)Oc3c(N(c5ccc(-c6ccccc6)cc5)c5ccc(-c6cccc7c6oc6ccccc67)cc5)ccc5cccc-4c35)cc2)cc1. The number of para-hydroxylation sites is 4.